The summed E-state index contributed by atoms with van der Waals surface area (Å²) in [5.41, 5.74) is 3.07. The van der Waals surface area contributed by atoms with Crippen LogP contribution in [0.15, 0.2) is 24.5 Å². The fourth-order valence-electron chi connectivity index (χ4n) is 3.67. The first-order chi connectivity index (χ1) is 13.6. The van der Waals surface area contributed by atoms with Crippen molar-refractivity contribution in [3.05, 3.63) is 30.1 Å². The lowest BCUT2D eigenvalue weighted by atomic mass is 10.1. The summed E-state index contributed by atoms with van der Waals surface area (Å²) >= 11 is 0. The Balaban J connectivity index is 1.51. The number of nitrogens with zero attached hydrogens (tertiary/aromatic N) is 7. The summed E-state index contributed by atoms with van der Waals surface area (Å²) in [6, 6.07) is 4.27. The summed E-state index contributed by atoms with van der Waals surface area (Å²) in [6.07, 6.45) is 5.69. The number of carbonyl (C=O) groups is 1. The Kier molecular flexibility index (Phi) is 4.04. The number of aromatic nitrogens is 5. The van der Waals surface area contributed by atoms with Crippen LogP contribution < -0.4 is 4.90 Å². The Morgan fingerprint density at radius 2 is 2.07 bits per heavy atom. The van der Waals surface area contributed by atoms with Crippen LogP contribution in [0.5, 0.6) is 0 Å². The zero-order valence-corrected chi connectivity index (χ0v) is 16.1. The van der Waals surface area contributed by atoms with Crippen LogP contribution >= 0.6 is 0 Å². The number of hydrogen-bond acceptors (Lipinski definition) is 6. The van der Waals surface area contributed by atoms with Gasteiger partial charge < -0.3 is 14.5 Å². The van der Waals surface area contributed by atoms with Crippen molar-refractivity contribution in [2.24, 2.45) is 7.05 Å². The van der Waals surface area contributed by atoms with E-state index in [0.29, 0.717) is 30.8 Å². The lowest BCUT2D eigenvalue weighted by molar-refractivity contribution is 0.0786. The van der Waals surface area contributed by atoms with Crippen LogP contribution in [0.3, 0.4) is 0 Å². The summed E-state index contributed by atoms with van der Waals surface area (Å²) in [5.74, 6) is 0.719. The number of hydrogen-bond donors (Lipinski definition) is 0. The molecule has 2 fully saturated rings. The number of ether oxygens (including phenoxy) is 1. The van der Waals surface area contributed by atoms with Gasteiger partial charge in [0, 0.05) is 45.0 Å². The summed E-state index contributed by atoms with van der Waals surface area (Å²) in [6.45, 7) is 2.96. The van der Waals surface area contributed by atoms with Gasteiger partial charge in [0.15, 0.2) is 5.65 Å². The standard InChI is InChI=1S/C19H23N7O2/c1-23(14-3-4-14)18(27)15-12-20-24(2)17(15)13-5-6-26-16(11-13)21-19(22-26)25-7-9-28-10-8-25/h5-6,11-12,14H,3-4,7-10H2,1-2H3. The van der Waals surface area contributed by atoms with Crippen molar-refractivity contribution < 1.29 is 9.53 Å². The third-order valence-corrected chi connectivity index (χ3v) is 5.48. The molecule has 0 atom stereocenters. The Hall–Kier alpha value is -2.94. The molecule has 1 aliphatic heterocycles. The molecule has 0 radical (unpaired) electrons. The predicted molar refractivity (Wildman–Crippen MR) is 103 cm³/mol. The third-order valence-electron chi connectivity index (χ3n) is 5.48. The highest BCUT2D eigenvalue weighted by Crippen LogP contribution is 2.30. The fourth-order valence-corrected chi connectivity index (χ4v) is 3.67. The van der Waals surface area contributed by atoms with E-state index >= 15 is 0 Å². The zero-order chi connectivity index (χ0) is 19.3. The molecule has 4 heterocycles. The molecule has 1 amide bonds. The maximum Gasteiger partial charge on any atom is 0.257 e. The van der Waals surface area contributed by atoms with E-state index < -0.39 is 0 Å². The maximum atomic E-state index is 12.9. The van der Waals surface area contributed by atoms with Crippen LogP contribution in [-0.4, -0.2) is 74.6 Å². The molecule has 0 aromatic carbocycles. The number of amides is 1. The molecule has 0 spiro atoms. The van der Waals surface area contributed by atoms with E-state index in [1.54, 1.807) is 15.4 Å². The minimum Gasteiger partial charge on any atom is -0.378 e. The van der Waals surface area contributed by atoms with Crippen molar-refractivity contribution >= 4 is 17.5 Å². The molecule has 0 N–H and O–H groups in total. The number of pyridine rings is 1. The van der Waals surface area contributed by atoms with Crippen LogP contribution in [0.25, 0.3) is 16.9 Å². The smallest absolute Gasteiger partial charge is 0.257 e. The van der Waals surface area contributed by atoms with Gasteiger partial charge in [-0.3, -0.25) is 9.48 Å². The number of aryl methyl sites for hydroxylation is 1. The van der Waals surface area contributed by atoms with E-state index in [-0.39, 0.29) is 5.91 Å². The quantitative estimate of drug-likeness (QED) is 0.676. The van der Waals surface area contributed by atoms with Crippen molar-refractivity contribution in [1.29, 1.82) is 0 Å². The molecule has 3 aromatic rings. The normalized spacial score (nSPS) is 17.3. The number of morpholine rings is 1. The molecule has 9 heteroatoms. The van der Waals surface area contributed by atoms with Crippen LogP contribution in [0.2, 0.25) is 0 Å². The maximum absolute atomic E-state index is 12.9. The molecule has 9 nitrogen and oxygen atoms in total. The summed E-state index contributed by atoms with van der Waals surface area (Å²) in [5, 5.41) is 8.92. The van der Waals surface area contributed by atoms with Gasteiger partial charge in [0.1, 0.15) is 0 Å². The average Bonchev–Trinajstić information content (AvgIpc) is 3.37. The van der Waals surface area contributed by atoms with E-state index in [1.165, 1.54) is 0 Å². The summed E-state index contributed by atoms with van der Waals surface area (Å²) in [4.78, 5) is 21.6. The summed E-state index contributed by atoms with van der Waals surface area (Å²) in [7, 11) is 3.73. The highest BCUT2D eigenvalue weighted by molar-refractivity contribution is 6.00. The molecule has 5 rings (SSSR count). The van der Waals surface area contributed by atoms with Crippen molar-refractivity contribution in [3.8, 4) is 11.3 Å². The van der Waals surface area contributed by atoms with Crippen molar-refractivity contribution in [1.82, 2.24) is 29.3 Å². The van der Waals surface area contributed by atoms with Gasteiger partial charge in [-0.15, -0.1) is 5.10 Å². The first kappa shape index (κ1) is 17.2. The largest absolute Gasteiger partial charge is 0.378 e. The van der Waals surface area contributed by atoms with Gasteiger partial charge in [-0.05, 0) is 25.0 Å². The molecular weight excluding hydrogens is 358 g/mol. The van der Waals surface area contributed by atoms with Crippen molar-refractivity contribution in [2.45, 2.75) is 18.9 Å². The van der Waals surface area contributed by atoms with Crippen molar-refractivity contribution in [2.75, 3.05) is 38.3 Å². The van der Waals surface area contributed by atoms with E-state index in [9.17, 15) is 4.79 Å². The molecule has 2 aliphatic rings. The second-order valence-corrected chi connectivity index (χ2v) is 7.41. The summed E-state index contributed by atoms with van der Waals surface area (Å²) < 4.78 is 8.92. The Bertz CT molecular complexity index is 1030. The van der Waals surface area contributed by atoms with Gasteiger partial charge in [-0.25, -0.2) is 4.52 Å². The molecule has 3 aromatic heterocycles. The topological polar surface area (TPSA) is 80.8 Å². The first-order valence-corrected chi connectivity index (χ1v) is 9.60. The number of rotatable bonds is 4. The lowest BCUT2D eigenvalue weighted by Crippen LogP contribution is -2.36. The second-order valence-electron chi connectivity index (χ2n) is 7.41. The Morgan fingerprint density at radius 3 is 2.82 bits per heavy atom. The highest BCUT2D eigenvalue weighted by Gasteiger charge is 2.32. The molecule has 28 heavy (non-hydrogen) atoms. The third kappa shape index (κ3) is 2.91. The van der Waals surface area contributed by atoms with Gasteiger partial charge in [0.05, 0.1) is 30.7 Å². The minimum absolute atomic E-state index is 0.0148. The molecule has 146 valence electrons. The van der Waals surface area contributed by atoms with Crippen molar-refractivity contribution in [3.63, 3.8) is 0 Å². The second kappa shape index (κ2) is 6.59. The first-order valence-electron chi connectivity index (χ1n) is 9.60. The van der Waals surface area contributed by atoms with E-state index in [1.807, 2.05) is 37.3 Å². The molecule has 1 saturated heterocycles. The lowest BCUT2D eigenvalue weighted by Gasteiger charge is -2.25. The molecule has 1 saturated carbocycles. The van der Waals surface area contributed by atoms with E-state index in [4.69, 9.17) is 4.74 Å². The van der Waals surface area contributed by atoms with Crippen LogP contribution in [0.4, 0.5) is 5.95 Å². The monoisotopic (exact) mass is 381 g/mol. The van der Waals surface area contributed by atoms with E-state index in [2.05, 4.69) is 20.1 Å². The predicted octanol–water partition coefficient (Wildman–Crippen LogP) is 1.20. The zero-order valence-electron chi connectivity index (χ0n) is 16.1. The van der Waals surface area contributed by atoms with Gasteiger partial charge in [0.25, 0.3) is 5.91 Å². The van der Waals surface area contributed by atoms with Crippen LogP contribution in [-0.2, 0) is 11.8 Å². The Labute approximate surface area is 162 Å². The van der Waals surface area contributed by atoms with Crippen LogP contribution in [0, 0.1) is 0 Å². The molecule has 0 unspecified atom stereocenters. The number of carbonyl (C=O) groups excluding carboxylic acids is 1. The highest BCUT2D eigenvalue weighted by atomic mass is 16.5. The van der Waals surface area contributed by atoms with E-state index in [0.717, 1.165) is 42.8 Å². The van der Waals surface area contributed by atoms with Crippen LogP contribution in [0.1, 0.15) is 23.2 Å². The molecule has 0 bridgehead atoms. The number of fused-ring (bicyclic) bond motifs is 1. The minimum atomic E-state index is 0.0148. The van der Waals surface area contributed by atoms with Gasteiger partial charge >= 0.3 is 0 Å². The molecular formula is C19H23N7O2. The fraction of sp³-hybridized carbons (Fsp3) is 0.474. The average molecular weight is 381 g/mol. The Morgan fingerprint density at radius 1 is 1.29 bits per heavy atom. The van der Waals surface area contributed by atoms with Gasteiger partial charge in [-0.2, -0.15) is 10.1 Å². The SMILES string of the molecule is CN(C(=O)c1cnn(C)c1-c1ccn2nc(N3CCOCC3)nc2c1)C1CC1. The van der Waals surface area contributed by atoms with Gasteiger partial charge in [-0.1, -0.05) is 0 Å². The molecule has 1 aliphatic carbocycles. The van der Waals surface area contributed by atoms with Gasteiger partial charge in [0.2, 0.25) is 5.95 Å². The number of anilines is 1.